The fourth-order valence-corrected chi connectivity index (χ4v) is 2.25. The lowest BCUT2D eigenvalue weighted by atomic mass is 10.1. The summed E-state index contributed by atoms with van der Waals surface area (Å²) in [6.45, 7) is 5.57. The molecule has 2 N–H and O–H groups in total. The lowest BCUT2D eigenvalue weighted by Gasteiger charge is -2.29. The molecule has 1 aromatic rings. The molecule has 0 aliphatic carbocycles. The summed E-state index contributed by atoms with van der Waals surface area (Å²) in [5.74, 6) is -0.213. The van der Waals surface area contributed by atoms with Crippen molar-refractivity contribution in [2.24, 2.45) is 5.73 Å². The molecule has 1 aromatic carbocycles. The Morgan fingerprint density at radius 1 is 1.38 bits per heavy atom. The molecule has 0 radical (unpaired) electrons. The SMILES string of the molecule is CC(Oc1ccc([C@H](C)N)c(F)c1)C(=O)N1CCOCC1. The van der Waals surface area contributed by atoms with E-state index in [2.05, 4.69) is 0 Å². The molecule has 21 heavy (non-hydrogen) atoms. The zero-order valence-electron chi connectivity index (χ0n) is 12.3. The molecule has 2 atom stereocenters. The zero-order chi connectivity index (χ0) is 15.4. The molecule has 1 amide bonds. The molecular weight excluding hydrogens is 275 g/mol. The number of ether oxygens (including phenoxy) is 2. The Hall–Kier alpha value is -1.66. The highest BCUT2D eigenvalue weighted by atomic mass is 19.1. The van der Waals surface area contributed by atoms with Gasteiger partial charge in [0.15, 0.2) is 6.10 Å². The molecule has 2 rings (SSSR count). The van der Waals surface area contributed by atoms with Crippen LogP contribution in [0, 0.1) is 5.82 Å². The van der Waals surface area contributed by atoms with E-state index in [4.69, 9.17) is 15.2 Å². The minimum Gasteiger partial charge on any atom is -0.481 e. The minimum atomic E-state index is -0.663. The van der Waals surface area contributed by atoms with E-state index < -0.39 is 11.9 Å². The van der Waals surface area contributed by atoms with Gasteiger partial charge in [0.25, 0.3) is 5.91 Å². The molecule has 1 aliphatic rings. The molecule has 1 heterocycles. The van der Waals surface area contributed by atoms with Crippen LogP contribution in [0.1, 0.15) is 25.5 Å². The number of rotatable bonds is 4. The van der Waals surface area contributed by atoms with Gasteiger partial charge in [-0.2, -0.15) is 0 Å². The van der Waals surface area contributed by atoms with Gasteiger partial charge in [-0.3, -0.25) is 4.79 Å². The van der Waals surface area contributed by atoms with Gasteiger partial charge < -0.3 is 20.1 Å². The number of hydrogen-bond acceptors (Lipinski definition) is 4. The largest absolute Gasteiger partial charge is 0.481 e. The predicted octanol–water partition coefficient (Wildman–Crippen LogP) is 1.47. The van der Waals surface area contributed by atoms with Crippen molar-refractivity contribution < 1.29 is 18.7 Å². The lowest BCUT2D eigenvalue weighted by molar-refractivity contribution is -0.142. The van der Waals surface area contributed by atoms with Crippen molar-refractivity contribution in [3.63, 3.8) is 0 Å². The Kier molecular flexibility index (Phi) is 5.14. The number of benzene rings is 1. The van der Waals surface area contributed by atoms with E-state index in [9.17, 15) is 9.18 Å². The van der Waals surface area contributed by atoms with Gasteiger partial charge in [0.2, 0.25) is 0 Å². The lowest BCUT2D eigenvalue weighted by Crippen LogP contribution is -2.46. The van der Waals surface area contributed by atoms with E-state index in [1.165, 1.54) is 6.07 Å². The molecule has 0 bridgehead atoms. The van der Waals surface area contributed by atoms with E-state index >= 15 is 0 Å². The average molecular weight is 296 g/mol. The molecule has 0 saturated carbocycles. The van der Waals surface area contributed by atoms with Crippen LogP contribution < -0.4 is 10.5 Å². The first-order chi connectivity index (χ1) is 9.99. The van der Waals surface area contributed by atoms with E-state index in [1.54, 1.807) is 30.9 Å². The molecule has 5 nitrogen and oxygen atoms in total. The molecule has 1 saturated heterocycles. The smallest absolute Gasteiger partial charge is 0.263 e. The fourth-order valence-electron chi connectivity index (χ4n) is 2.25. The van der Waals surface area contributed by atoms with Crippen LogP contribution in [-0.4, -0.2) is 43.2 Å². The molecule has 0 aromatic heterocycles. The molecule has 116 valence electrons. The third kappa shape index (κ3) is 3.92. The van der Waals surface area contributed by atoms with E-state index in [-0.39, 0.29) is 11.9 Å². The van der Waals surface area contributed by atoms with Crippen LogP contribution in [0.3, 0.4) is 0 Å². The van der Waals surface area contributed by atoms with Gasteiger partial charge >= 0.3 is 0 Å². The first kappa shape index (κ1) is 15.7. The number of hydrogen-bond donors (Lipinski definition) is 1. The third-order valence-electron chi connectivity index (χ3n) is 3.45. The number of amides is 1. The van der Waals surface area contributed by atoms with Crippen LogP contribution in [0.4, 0.5) is 4.39 Å². The summed E-state index contributed by atoms with van der Waals surface area (Å²) in [6.07, 6.45) is -0.663. The number of carbonyl (C=O) groups excluding carboxylic acids is 1. The Balaban J connectivity index is 2.00. The van der Waals surface area contributed by atoms with E-state index in [0.717, 1.165) is 0 Å². The maximum absolute atomic E-state index is 13.8. The van der Waals surface area contributed by atoms with Gasteiger partial charge in [0.05, 0.1) is 13.2 Å². The number of carbonyl (C=O) groups is 1. The Labute approximate surface area is 123 Å². The molecule has 1 aliphatic heterocycles. The van der Waals surface area contributed by atoms with Gasteiger partial charge in [-0.15, -0.1) is 0 Å². The predicted molar refractivity (Wildman–Crippen MR) is 76.5 cm³/mol. The van der Waals surface area contributed by atoms with Crippen LogP contribution in [0.15, 0.2) is 18.2 Å². The highest BCUT2D eigenvalue weighted by Crippen LogP contribution is 2.21. The minimum absolute atomic E-state index is 0.116. The van der Waals surface area contributed by atoms with Crippen LogP contribution in [-0.2, 0) is 9.53 Å². The Bertz CT molecular complexity index is 502. The first-order valence-electron chi connectivity index (χ1n) is 7.07. The van der Waals surface area contributed by atoms with Crippen molar-refractivity contribution >= 4 is 5.91 Å². The normalized spacial score (nSPS) is 18.2. The summed E-state index contributed by atoms with van der Waals surface area (Å²) in [5.41, 5.74) is 6.08. The third-order valence-corrected chi connectivity index (χ3v) is 3.45. The van der Waals surface area contributed by atoms with Crippen LogP contribution in [0.2, 0.25) is 0 Å². The topological polar surface area (TPSA) is 64.8 Å². The number of halogens is 1. The van der Waals surface area contributed by atoms with Crippen molar-refractivity contribution in [1.29, 1.82) is 0 Å². The molecule has 0 spiro atoms. The molecular formula is C15H21FN2O3. The number of nitrogens with zero attached hydrogens (tertiary/aromatic N) is 1. The van der Waals surface area contributed by atoms with E-state index in [0.29, 0.717) is 37.6 Å². The summed E-state index contributed by atoms with van der Waals surface area (Å²) >= 11 is 0. The molecule has 1 fully saturated rings. The van der Waals surface area contributed by atoms with E-state index in [1.807, 2.05) is 0 Å². The maximum Gasteiger partial charge on any atom is 0.263 e. The fraction of sp³-hybridized carbons (Fsp3) is 0.533. The average Bonchev–Trinajstić information content (AvgIpc) is 2.47. The van der Waals surface area contributed by atoms with Crippen LogP contribution in [0.25, 0.3) is 0 Å². The standard InChI is InChI=1S/C15H21FN2O3/c1-10(17)13-4-3-12(9-14(13)16)21-11(2)15(19)18-5-7-20-8-6-18/h3-4,9-11H,5-8,17H2,1-2H3/t10-,11?/m0/s1. The Morgan fingerprint density at radius 3 is 2.62 bits per heavy atom. The van der Waals surface area contributed by atoms with Crippen LogP contribution >= 0.6 is 0 Å². The second-order valence-electron chi connectivity index (χ2n) is 5.17. The molecule has 1 unspecified atom stereocenters. The highest BCUT2D eigenvalue weighted by molar-refractivity contribution is 5.81. The summed E-state index contributed by atoms with van der Waals surface area (Å²) in [6, 6.07) is 4.10. The Morgan fingerprint density at radius 2 is 2.05 bits per heavy atom. The summed E-state index contributed by atoms with van der Waals surface area (Å²) < 4.78 is 24.6. The van der Waals surface area contributed by atoms with Gasteiger partial charge in [0.1, 0.15) is 11.6 Å². The summed E-state index contributed by atoms with van der Waals surface area (Å²) in [5, 5.41) is 0. The van der Waals surface area contributed by atoms with Crippen molar-refractivity contribution in [3.05, 3.63) is 29.6 Å². The first-order valence-corrected chi connectivity index (χ1v) is 7.07. The van der Waals surface area contributed by atoms with Crippen molar-refractivity contribution in [2.75, 3.05) is 26.3 Å². The van der Waals surface area contributed by atoms with Gasteiger partial charge in [-0.25, -0.2) is 4.39 Å². The van der Waals surface area contributed by atoms with Crippen LogP contribution in [0.5, 0.6) is 5.75 Å². The second kappa shape index (κ2) is 6.87. The molecule has 6 heteroatoms. The zero-order valence-corrected chi connectivity index (χ0v) is 12.3. The quantitative estimate of drug-likeness (QED) is 0.914. The number of nitrogens with two attached hydrogens (primary N) is 1. The van der Waals surface area contributed by atoms with Crippen molar-refractivity contribution in [2.45, 2.75) is 26.0 Å². The van der Waals surface area contributed by atoms with Crippen molar-refractivity contribution in [1.82, 2.24) is 4.90 Å². The maximum atomic E-state index is 13.8. The van der Waals surface area contributed by atoms with Crippen molar-refractivity contribution in [3.8, 4) is 5.75 Å². The summed E-state index contributed by atoms with van der Waals surface area (Å²) in [7, 11) is 0. The summed E-state index contributed by atoms with van der Waals surface area (Å²) in [4.78, 5) is 13.9. The van der Waals surface area contributed by atoms with Gasteiger partial charge in [0, 0.05) is 30.8 Å². The van der Waals surface area contributed by atoms with Gasteiger partial charge in [-0.1, -0.05) is 6.07 Å². The number of morpholine rings is 1. The van der Waals surface area contributed by atoms with Gasteiger partial charge in [-0.05, 0) is 19.9 Å². The highest BCUT2D eigenvalue weighted by Gasteiger charge is 2.24. The second-order valence-corrected chi connectivity index (χ2v) is 5.17. The monoisotopic (exact) mass is 296 g/mol.